The molecule has 1 unspecified atom stereocenters. The summed E-state index contributed by atoms with van der Waals surface area (Å²) in [5, 5.41) is 0. The third-order valence-corrected chi connectivity index (χ3v) is 4.03. The first-order chi connectivity index (χ1) is 8.61. The van der Waals surface area contributed by atoms with Crippen molar-refractivity contribution < 1.29 is 4.74 Å². The fourth-order valence-corrected chi connectivity index (χ4v) is 2.34. The summed E-state index contributed by atoms with van der Waals surface area (Å²) in [6.45, 7) is 8.04. The Morgan fingerprint density at radius 3 is 2.22 bits per heavy atom. The Labute approximate surface area is 111 Å². The molecule has 0 spiro atoms. The smallest absolute Gasteiger partial charge is 0.118 e. The van der Waals surface area contributed by atoms with Crippen molar-refractivity contribution in [3.05, 3.63) is 29.8 Å². The molecule has 100 valence electrons. The highest BCUT2D eigenvalue weighted by molar-refractivity contribution is 5.27. The summed E-state index contributed by atoms with van der Waals surface area (Å²) >= 11 is 0. The largest absolute Gasteiger partial charge is 0.497 e. The summed E-state index contributed by atoms with van der Waals surface area (Å²) in [4.78, 5) is 2.66. The van der Waals surface area contributed by atoms with Crippen LogP contribution in [0.1, 0.15) is 39.2 Å². The van der Waals surface area contributed by atoms with Crippen LogP contribution in [0.5, 0.6) is 5.75 Å². The molecule has 18 heavy (non-hydrogen) atoms. The van der Waals surface area contributed by atoms with Gasteiger partial charge in [-0.3, -0.25) is 4.90 Å². The maximum atomic E-state index is 5.21. The van der Waals surface area contributed by atoms with Crippen molar-refractivity contribution in [3.8, 4) is 5.75 Å². The molecule has 0 saturated heterocycles. The minimum Gasteiger partial charge on any atom is -0.497 e. The van der Waals surface area contributed by atoms with E-state index in [2.05, 4.69) is 49.9 Å². The molecule has 1 aromatic carbocycles. The van der Waals surface area contributed by atoms with Gasteiger partial charge in [-0.2, -0.15) is 0 Å². The predicted molar refractivity (Wildman–Crippen MR) is 75.9 cm³/mol. The van der Waals surface area contributed by atoms with Crippen LogP contribution in [-0.4, -0.2) is 24.1 Å². The van der Waals surface area contributed by atoms with E-state index in [1.165, 1.54) is 18.4 Å². The van der Waals surface area contributed by atoms with Crippen LogP contribution in [-0.2, 0) is 6.54 Å². The number of ether oxygens (including phenoxy) is 1. The Hall–Kier alpha value is -1.02. The Balaban J connectivity index is 2.03. The quantitative estimate of drug-likeness (QED) is 0.760. The minimum atomic E-state index is 0.652. The van der Waals surface area contributed by atoms with Gasteiger partial charge in [0, 0.05) is 18.6 Å². The zero-order valence-electron chi connectivity index (χ0n) is 12.0. The van der Waals surface area contributed by atoms with Gasteiger partial charge in [-0.05, 0) is 43.4 Å². The zero-order valence-corrected chi connectivity index (χ0v) is 12.0. The van der Waals surface area contributed by atoms with Crippen LogP contribution in [0.25, 0.3) is 0 Å². The molecule has 1 fully saturated rings. The molecule has 0 N–H and O–H groups in total. The van der Waals surface area contributed by atoms with Crippen LogP contribution >= 0.6 is 0 Å². The second kappa shape index (κ2) is 5.75. The molecule has 0 aromatic heterocycles. The summed E-state index contributed by atoms with van der Waals surface area (Å²) in [5.74, 6) is 1.65. The van der Waals surface area contributed by atoms with E-state index in [9.17, 15) is 0 Å². The molecule has 0 amide bonds. The van der Waals surface area contributed by atoms with Gasteiger partial charge in [-0.25, -0.2) is 0 Å². The summed E-state index contributed by atoms with van der Waals surface area (Å²) < 4.78 is 5.21. The number of hydrogen-bond acceptors (Lipinski definition) is 2. The average molecular weight is 247 g/mol. The molecule has 1 saturated carbocycles. The lowest BCUT2D eigenvalue weighted by Gasteiger charge is -2.32. The van der Waals surface area contributed by atoms with Crippen molar-refractivity contribution in [2.45, 2.75) is 52.2 Å². The van der Waals surface area contributed by atoms with Crippen molar-refractivity contribution in [1.29, 1.82) is 0 Å². The van der Waals surface area contributed by atoms with E-state index >= 15 is 0 Å². The first-order valence-corrected chi connectivity index (χ1v) is 7.00. The second-order valence-electron chi connectivity index (χ2n) is 5.74. The van der Waals surface area contributed by atoms with Gasteiger partial charge in [0.2, 0.25) is 0 Å². The maximum absolute atomic E-state index is 5.21. The lowest BCUT2D eigenvalue weighted by Crippen LogP contribution is -2.37. The van der Waals surface area contributed by atoms with E-state index in [0.717, 1.165) is 18.3 Å². The van der Waals surface area contributed by atoms with E-state index in [4.69, 9.17) is 4.74 Å². The molecule has 0 radical (unpaired) electrons. The third-order valence-electron chi connectivity index (χ3n) is 4.03. The fraction of sp³-hybridized carbons (Fsp3) is 0.625. The van der Waals surface area contributed by atoms with Crippen LogP contribution in [0.2, 0.25) is 0 Å². The number of methoxy groups -OCH3 is 1. The number of hydrogen-bond donors (Lipinski definition) is 0. The molecule has 2 rings (SSSR count). The fourth-order valence-electron chi connectivity index (χ4n) is 2.34. The molecule has 0 heterocycles. The maximum Gasteiger partial charge on any atom is 0.118 e. The van der Waals surface area contributed by atoms with Crippen molar-refractivity contribution in [2.75, 3.05) is 7.11 Å². The van der Waals surface area contributed by atoms with E-state index in [1.807, 2.05) is 0 Å². The zero-order chi connectivity index (χ0) is 13.1. The van der Waals surface area contributed by atoms with Crippen LogP contribution in [0.15, 0.2) is 24.3 Å². The second-order valence-corrected chi connectivity index (χ2v) is 5.74. The molecule has 2 nitrogen and oxygen atoms in total. The van der Waals surface area contributed by atoms with E-state index < -0.39 is 0 Å². The predicted octanol–water partition coefficient (Wildman–Crippen LogP) is 3.70. The van der Waals surface area contributed by atoms with Crippen molar-refractivity contribution >= 4 is 0 Å². The molecule has 1 aliphatic carbocycles. The Bertz CT molecular complexity index is 367. The Kier molecular flexibility index (Phi) is 4.28. The van der Waals surface area contributed by atoms with Crippen molar-refractivity contribution in [3.63, 3.8) is 0 Å². The molecule has 2 heteroatoms. The van der Waals surface area contributed by atoms with E-state index in [-0.39, 0.29) is 0 Å². The van der Waals surface area contributed by atoms with Crippen molar-refractivity contribution in [2.24, 2.45) is 5.92 Å². The van der Waals surface area contributed by atoms with Gasteiger partial charge in [-0.1, -0.05) is 26.0 Å². The normalized spacial score (nSPS) is 17.2. The van der Waals surface area contributed by atoms with Crippen LogP contribution in [0, 0.1) is 5.92 Å². The highest BCUT2D eigenvalue weighted by atomic mass is 16.5. The molecule has 0 bridgehead atoms. The molecule has 1 aromatic rings. The highest BCUT2D eigenvalue weighted by Crippen LogP contribution is 2.32. The van der Waals surface area contributed by atoms with Crippen LogP contribution in [0.3, 0.4) is 0 Å². The summed E-state index contributed by atoms with van der Waals surface area (Å²) in [5.41, 5.74) is 1.38. The SMILES string of the molecule is COc1ccc(CN(C2CC2)C(C)C(C)C)cc1. The lowest BCUT2D eigenvalue weighted by molar-refractivity contribution is 0.150. The van der Waals surface area contributed by atoms with Crippen LogP contribution < -0.4 is 4.74 Å². The van der Waals surface area contributed by atoms with Gasteiger partial charge >= 0.3 is 0 Å². The summed E-state index contributed by atoms with van der Waals surface area (Å²) in [6, 6.07) is 9.94. The first kappa shape index (κ1) is 13.4. The Morgan fingerprint density at radius 1 is 1.17 bits per heavy atom. The highest BCUT2D eigenvalue weighted by Gasteiger charge is 2.32. The molecule has 1 atom stereocenters. The van der Waals surface area contributed by atoms with Gasteiger partial charge in [0.05, 0.1) is 7.11 Å². The topological polar surface area (TPSA) is 12.5 Å². The number of benzene rings is 1. The summed E-state index contributed by atoms with van der Waals surface area (Å²) in [6.07, 6.45) is 2.74. The lowest BCUT2D eigenvalue weighted by atomic mass is 10.0. The van der Waals surface area contributed by atoms with Gasteiger partial charge in [-0.15, -0.1) is 0 Å². The third kappa shape index (κ3) is 3.26. The van der Waals surface area contributed by atoms with Gasteiger partial charge < -0.3 is 4.74 Å². The first-order valence-electron chi connectivity index (χ1n) is 7.00. The molecular weight excluding hydrogens is 222 g/mol. The van der Waals surface area contributed by atoms with Gasteiger partial charge in [0.15, 0.2) is 0 Å². The monoisotopic (exact) mass is 247 g/mol. The van der Waals surface area contributed by atoms with E-state index in [1.54, 1.807) is 7.11 Å². The van der Waals surface area contributed by atoms with Gasteiger partial charge in [0.1, 0.15) is 5.75 Å². The molecule has 0 aliphatic heterocycles. The van der Waals surface area contributed by atoms with E-state index in [0.29, 0.717) is 12.0 Å². The van der Waals surface area contributed by atoms with Gasteiger partial charge in [0.25, 0.3) is 0 Å². The molecule has 1 aliphatic rings. The number of rotatable bonds is 6. The number of nitrogens with zero attached hydrogens (tertiary/aromatic N) is 1. The minimum absolute atomic E-state index is 0.652. The average Bonchev–Trinajstić information content (AvgIpc) is 3.20. The molecular formula is C16H25NO. The summed E-state index contributed by atoms with van der Waals surface area (Å²) in [7, 11) is 1.71. The Morgan fingerprint density at radius 2 is 1.78 bits per heavy atom. The van der Waals surface area contributed by atoms with Crippen molar-refractivity contribution in [1.82, 2.24) is 4.90 Å². The van der Waals surface area contributed by atoms with Crippen LogP contribution in [0.4, 0.5) is 0 Å². The standard InChI is InChI=1S/C16H25NO/c1-12(2)13(3)17(15-7-8-15)11-14-5-9-16(18-4)10-6-14/h5-6,9-10,12-13,15H,7-8,11H2,1-4H3.